The lowest BCUT2D eigenvalue weighted by molar-refractivity contribution is -0.139. The lowest BCUT2D eigenvalue weighted by Gasteiger charge is -2.39. The summed E-state index contributed by atoms with van der Waals surface area (Å²) in [6.07, 6.45) is 4.32. The monoisotopic (exact) mass is 350 g/mol. The molecule has 0 aromatic heterocycles. The molecule has 3 aliphatic rings. The molecule has 7 heteroatoms. The van der Waals surface area contributed by atoms with E-state index in [1.54, 1.807) is 0 Å². The van der Waals surface area contributed by atoms with E-state index in [1.807, 2.05) is 11.8 Å². The zero-order valence-electron chi connectivity index (χ0n) is 15.4. The van der Waals surface area contributed by atoms with Gasteiger partial charge in [-0.3, -0.25) is 14.5 Å². The summed E-state index contributed by atoms with van der Waals surface area (Å²) in [5, 5.41) is 2.99. The summed E-state index contributed by atoms with van der Waals surface area (Å²) in [4.78, 5) is 43.5. The zero-order chi connectivity index (χ0) is 18.0. The molecule has 4 amide bonds. The van der Waals surface area contributed by atoms with Crippen molar-refractivity contribution in [2.75, 3.05) is 32.7 Å². The first kappa shape index (κ1) is 18.2. The average molecular weight is 350 g/mol. The van der Waals surface area contributed by atoms with E-state index < -0.39 is 5.54 Å². The van der Waals surface area contributed by atoms with Crippen molar-refractivity contribution < 1.29 is 14.4 Å². The van der Waals surface area contributed by atoms with Crippen molar-refractivity contribution >= 4 is 17.8 Å². The fourth-order valence-corrected chi connectivity index (χ4v) is 4.33. The first-order chi connectivity index (χ1) is 12.0. The smallest absolute Gasteiger partial charge is 0.325 e. The number of imide groups is 1. The van der Waals surface area contributed by atoms with Gasteiger partial charge in [0.1, 0.15) is 5.54 Å². The van der Waals surface area contributed by atoms with Gasteiger partial charge >= 0.3 is 6.03 Å². The Kier molecular flexibility index (Phi) is 5.32. The molecule has 1 spiro atoms. The molecule has 0 bridgehead atoms. The lowest BCUT2D eigenvalue weighted by atomic mass is 9.87. The summed E-state index contributed by atoms with van der Waals surface area (Å²) in [5.74, 6) is 0.0493. The number of likely N-dealkylation sites (tertiary alicyclic amines) is 2. The highest BCUT2D eigenvalue weighted by atomic mass is 16.2. The molecule has 0 aromatic carbocycles. The van der Waals surface area contributed by atoms with Crippen molar-refractivity contribution in [3.63, 3.8) is 0 Å². The Labute approximate surface area is 149 Å². The summed E-state index contributed by atoms with van der Waals surface area (Å²) < 4.78 is 0. The second kappa shape index (κ2) is 7.32. The molecular weight excluding hydrogens is 320 g/mol. The van der Waals surface area contributed by atoms with E-state index in [0.29, 0.717) is 25.8 Å². The number of nitrogens with zero attached hydrogens (tertiary/aromatic N) is 3. The molecule has 3 fully saturated rings. The number of carbonyl (C=O) groups is 3. The van der Waals surface area contributed by atoms with Crippen LogP contribution in [0, 0.1) is 0 Å². The fraction of sp³-hybridized carbons (Fsp3) is 0.833. The lowest BCUT2D eigenvalue weighted by Crippen LogP contribution is -2.56. The molecule has 3 aliphatic heterocycles. The van der Waals surface area contributed by atoms with E-state index >= 15 is 0 Å². The number of hydrogen-bond donors (Lipinski definition) is 1. The van der Waals surface area contributed by atoms with Crippen LogP contribution in [0.15, 0.2) is 0 Å². The second-order valence-corrected chi connectivity index (χ2v) is 7.51. The summed E-state index contributed by atoms with van der Waals surface area (Å²) in [6.45, 7) is 7.96. The number of piperidine rings is 2. The summed E-state index contributed by atoms with van der Waals surface area (Å²) in [5.41, 5.74) is -0.724. The molecule has 0 unspecified atom stereocenters. The fourth-order valence-electron chi connectivity index (χ4n) is 4.33. The highest BCUT2D eigenvalue weighted by Crippen LogP contribution is 2.32. The van der Waals surface area contributed by atoms with Crippen molar-refractivity contribution in [1.82, 2.24) is 20.0 Å². The van der Waals surface area contributed by atoms with Crippen LogP contribution in [-0.4, -0.2) is 76.8 Å². The van der Waals surface area contributed by atoms with Crippen LogP contribution in [0.5, 0.6) is 0 Å². The molecule has 3 saturated heterocycles. The van der Waals surface area contributed by atoms with Crippen molar-refractivity contribution in [3.8, 4) is 0 Å². The molecule has 0 aliphatic carbocycles. The number of carbonyl (C=O) groups excluding carboxylic acids is 3. The maximum atomic E-state index is 13.1. The second-order valence-electron chi connectivity index (χ2n) is 7.51. The molecule has 3 rings (SSSR count). The van der Waals surface area contributed by atoms with Gasteiger partial charge in [-0.25, -0.2) is 4.79 Å². The third-order valence-electron chi connectivity index (χ3n) is 5.93. The largest absolute Gasteiger partial charge is 0.341 e. The predicted molar refractivity (Wildman–Crippen MR) is 94.0 cm³/mol. The van der Waals surface area contributed by atoms with Gasteiger partial charge in [-0.2, -0.15) is 0 Å². The predicted octanol–water partition coefficient (Wildman–Crippen LogP) is 1.18. The topological polar surface area (TPSA) is 73.0 Å². The molecule has 7 nitrogen and oxygen atoms in total. The Hall–Kier alpha value is -1.63. The van der Waals surface area contributed by atoms with Crippen LogP contribution in [0.1, 0.15) is 52.4 Å². The first-order valence-corrected chi connectivity index (χ1v) is 9.66. The number of rotatable bonds is 4. The van der Waals surface area contributed by atoms with Gasteiger partial charge < -0.3 is 15.1 Å². The normalized spacial score (nSPS) is 27.0. The minimum absolute atomic E-state index is 0.0805. The van der Waals surface area contributed by atoms with Gasteiger partial charge in [-0.05, 0) is 38.6 Å². The molecule has 1 atom stereocenters. The van der Waals surface area contributed by atoms with Gasteiger partial charge in [-0.1, -0.05) is 13.8 Å². The van der Waals surface area contributed by atoms with Gasteiger partial charge in [0.05, 0.1) is 6.04 Å². The Balaban J connectivity index is 1.69. The number of nitrogens with one attached hydrogen (secondary N) is 1. The summed E-state index contributed by atoms with van der Waals surface area (Å²) >= 11 is 0. The third kappa shape index (κ3) is 3.38. The maximum Gasteiger partial charge on any atom is 0.325 e. The average Bonchev–Trinajstić information content (AvgIpc) is 2.86. The Morgan fingerprint density at radius 1 is 1.20 bits per heavy atom. The van der Waals surface area contributed by atoms with Crippen LogP contribution in [0.25, 0.3) is 0 Å². The van der Waals surface area contributed by atoms with Gasteiger partial charge in [0.15, 0.2) is 0 Å². The third-order valence-corrected chi connectivity index (χ3v) is 5.93. The zero-order valence-corrected chi connectivity index (χ0v) is 15.4. The van der Waals surface area contributed by atoms with Crippen molar-refractivity contribution in [1.29, 1.82) is 0 Å². The van der Waals surface area contributed by atoms with Crippen LogP contribution in [-0.2, 0) is 9.59 Å². The molecule has 25 heavy (non-hydrogen) atoms. The van der Waals surface area contributed by atoms with Crippen molar-refractivity contribution in [2.45, 2.75) is 64.0 Å². The highest BCUT2D eigenvalue weighted by molar-refractivity contribution is 6.07. The minimum atomic E-state index is -0.724. The maximum absolute atomic E-state index is 13.1. The van der Waals surface area contributed by atoms with Crippen molar-refractivity contribution in [3.05, 3.63) is 0 Å². The van der Waals surface area contributed by atoms with Crippen LogP contribution >= 0.6 is 0 Å². The van der Waals surface area contributed by atoms with E-state index in [2.05, 4.69) is 17.1 Å². The summed E-state index contributed by atoms with van der Waals surface area (Å²) in [7, 11) is 0. The molecule has 3 heterocycles. The molecular formula is C18H30N4O3. The van der Waals surface area contributed by atoms with E-state index in [1.165, 1.54) is 4.90 Å². The van der Waals surface area contributed by atoms with Gasteiger partial charge in [0, 0.05) is 32.6 Å². The van der Waals surface area contributed by atoms with Crippen molar-refractivity contribution in [2.24, 2.45) is 0 Å². The molecule has 140 valence electrons. The SMILES string of the molecule is CCCC(=O)N1CCC[C@@H](N2C(=O)NC3(CCN(CC)CC3)C2=O)C1. The number of urea groups is 1. The van der Waals surface area contributed by atoms with Gasteiger partial charge in [-0.15, -0.1) is 0 Å². The summed E-state index contributed by atoms with van der Waals surface area (Å²) in [6, 6.07) is -0.463. The number of amides is 4. The first-order valence-electron chi connectivity index (χ1n) is 9.66. The van der Waals surface area contributed by atoms with Crippen LogP contribution in [0.3, 0.4) is 0 Å². The van der Waals surface area contributed by atoms with Gasteiger partial charge in [0.25, 0.3) is 5.91 Å². The number of hydrogen-bond acceptors (Lipinski definition) is 4. The molecule has 0 saturated carbocycles. The molecule has 0 aromatic rings. The quantitative estimate of drug-likeness (QED) is 0.773. The van der Waals surface area contributed by atoms with E-state index in [-0.39, 0.29) is 23.9 Å². The van der Waals surface area contributed by atoms with E-state index in [9.17, 15) is 14.4 Å². The minimum Gasteiger partial charge on any atom is -0.341 e. The van der Waals surface area contributed by atoms with E-state index in [0.717, 1.165) is 45.4 Å². The molecule has 0 radical (unpaired) electrons. The highest BCUT2D eigenvalue weighted by Gasteiger charge is 2.54. The molecule has 1 N–H and O–H groups in total. The Bertz CT molecular complexity index is 542. The van der Waals surface area contributed by atoms with Crippen LogP contribution < -0.4 is 5.32 Å². The standard InChI is InChI=1S/C18H30N4O3/c1-3-6-15(23)21-10-5-7-14(13-21)22-16(24)18(19-17(22)25)8-11-20(4-2)12-9-18/h14H,3-13H2,1-2H3,(H,19,25)/t14-/m1/s1. The van der Waals surface area contributed by atoms with Crippen LogP contribution in [0.4, 0.5) is 4.79 Å². The van der Waals surface area contributed by atoms with E-state index in [4.69, 9.17) is 0 Å². The Morgan fingerprint density at radius 2 is 1.92 bits per heavy atom. The van der Waals surface area contributed by atoms with Crippen LogP contribution in [0.2, 0.25) is 0 Å². The van der Waals surface area contributed by atoms with Gasteiger partial charge in [0.2, 0.25) is 5.91 Å². The Morgan fingerprint density at radius 3 is 2.56 bits per heavy atom.